The first kappa shape index (κ1) is 21.7. The molecule has 7 heteroatoms. The predicted molar refractivity (Wildman–Crippen MR) is 130 cm³/mol. The quantitative estimate of drug-likeness (QED) is 0.349. The van der Waals surface area contributed by atoms with Crippen molar-refractivity contribution in [1.29, 1.82) is 0 Å². The number of nitrogens with zero attached hydrogens (tertiary/aromatic N) is 1. The first-order valence-electron chi connectivity index (χ1n) is 10.5. The average molecular weight is 498 g/mol. The fraction of sp³-hybridized carbons (Fsp3) is 0.292. The Hall–Kier alpha value is -2.51. The number of aromatic amines is 1. The SMILES string of the molecule is O=C(NCCC1=CCCCC1)c1ccc(Cn2c(=S)[nH]c3ccc(Br)cc3c2=O)cc1. The van der Waals surface area contributed by atoms with Gasteiger partial charge in [0.2, 0.25) is 0 Å². The van der Waals surface area contributed by atoms with E-state index in [1.165, 1.54) is 23.0 Å². The molecule has 5 nitrogen and oxygen atoms in total. The van der Waals surface area contributed by atoms with Crippen LogP contribution < -0.4 is 10.9 Å². The van der Waals surface area contributed by atoms with Crippen molar-refractivity contribution in [1.82, 2.24) is 14.9 Å². The summed E-state index contributed by atoms with van der Waals surface area (Å²) in [6.45, 7) is 0.996. The van der Waals surface area contributed by atoms with E-state index in [0.29, 0.717) is 34.3 Å². The van der Waals surface area contributed by atoms with Gasteiger partial charge in [0.25, 0.3) is 11.5 Å². The monoisotopic (exact) mass is 497 g/mol. The highest BCUT2D eigenvalue weighted by atomic mass is 79.9. The van der Waals surface area contributed by atoms with Crippen molar-refractivity contribution in [3.63, 3.8) is 0 Å². The normalized spacial score (nSPS) is 13.8. The Bertz CT molecular complexity index is 1260. The van der Waals surface area contributed by atoms with Gasteiger partial charge in [0.05, 0.1) is 17.4 Å². The van der Waals surface area contributed by atoms with Crippen molar-refractivity contribution in [2.75, 3.05) is 6.54 Å². The number of carbonyl (C=O) groups excluding carboxylic acids is 1. The van der Waals surface area contributed by atoms with E-state index in [1.54, 1.807) is 18.2 Å². The number of hydrogen-bond donors (Lipinski definition) is 2. The highest BCUT2D eigenvalue weighted by molar-refractivity contribution is 9.10. The van der Waals surface area contributed by atoms with Gasteiger partial charge >= 0.3 is 0 Å². The smallest absolute Gasteiger partial charge is 0.262 e. The number of amides is 1. The molecule has 0 bridgehead atoms. The lowest BCUT2D eigenvalue weighted by Crippen LogP contribution is -2.25. The van der Waals surface area contributed by atoms with Gasteiger partial charge in [-0.25, -0.2) is 0 Å². The molecular weight excluding hydrogens is 474 g/mol. The van der Waals surface area contributed by atoms with Crippen molar-refractivity contribution >= 4 is 45.0 Å². The van der Waals surface area contributed by atoms with Gasteiger partial charge < -0.3 is 10.3 Å². The molecule has 3 aromatic rings. The molecule has 160 valence electrons. The second kappa shape index (κ2) is 9.75. The van der Waals surface area contributed by atoms with E-state index in [9.17, 15) is 9.59 Å². The van der Waals surface area contributed by atoms with E-state index in [1.807, 2.05) is 24.3 Å². The summed E-state index contributed by atoms with van der Waals surface area (Å²) < 4.78 is 2.75. The van der Waals surface area contributed by atoms with Gasteiger partial charge in [-0.2, -0.15) is 0 Å². The molecule has 0 aliphatic heterocycles. The Labute approximate surface area is 194 Å². The number of benzene rings is 2. The second-order valence-electron chi connectivity index (χ2n) is 7.82. The maximum Gasteiger partial charge on any atom is 0.262 e. The molecule has 0 spiro atoms. The van der Waals surface area contributed by atoms with Crippen LogP contribution in [0.5, 0.6) is 0 Å². The van der Waals surface area contributed by atoms with Crippen molar-refractivity contribution in [3.05, 3.63) is 84.8 Å². The number of fused-ring (bicyclic) bond motifs is 1. The summed E-state index contributed by atoms with van der Waals surface area (Å²) >= 11 is 8.80. The Kier molecular flexibility index (Phi) is 6.83. The van der Waals surface area contributed by atoms with Crippen molar-refractivity contribution in [2.45, 2.75) is 38.6 Å². The van der Waals surface area contributed by atoms with Crippen molar-refractivity contribution < 1.29 is 4.79 Å². The highest BCUT2D eigenvalue weighted by Crippen LogP contribution is 2.19. The maximum absolute atomic E-state index is 12.9. The van der Waals surface area contributed by atoms with E-state index in [4.69, 9.17) is 12.2 Å². The zero-order chi connectivity index (χ0) is 21.8. The number of rotatable bonds is 6. The molecule has 0 fully saturated rings. The molecule has 0 atom stereocenters. The third-order valence-corrected chi connectivity index (χ3v) is 6.43. The average Bonchev–Trinajstić information content (AvgIpc) is 2.78. The lowest BCUT2D eigenvalue weighted by Gasteiger charge is -2.13. The fourth-order valence-corrected chi connectivity index (χ4v) is 4.50. The maximum atomic E-state index is 12.9. The highest BCUT2D eigenvalue weighted by Gasteiger charge is 2.10. The first-order chi connectivity index (χ1) is 15.0. The summed E-state index contributed by atoms with van der Waals surface area (Å²) in [6, 6.07) is 12.8. The van der Waals surface area contributed by atoms with Gasteiger partial charge in [-0.3, -0.25) is 14.2 Å². The largest absolute Gasteiger partial charge is 0.352 e. The van der Waals surface area contributed by atoms with Crippen LogP contribution in [0, 0.1) is 4.77 Å². The fourth-order valence-electron chi connectivity index (χ4n) is 3.88. The molecule has 1 aliphatic rings. The summed E-state index contributed by atoms with van der Waals surface area (Å²) in [5.41, 5.74) is 3.54. The zero-order valence-electron chi connectivity index (χ0n) is 17.1. The molecule has 0 unspecified atom stereocenters. The van der Waals surface area contributed by atoms with Crippen LogP contribution in [-0.4, -0.2) is 22.0 Å². The van der Waals surface area contributed by atoms with Gasteiger partial charge in [-0.15, -0.1) is 0 Å². The molecule has 1 amide bonds. The van der Waals surface area contributed by atoms with Crippen LogP contribution in [0.15, 0.2) is 63.4 Å². The molecular formula is C24H24BrN3O2S. The molecule has 0 radical (unpaired) electrons. The van der Waals surface area contributed by atoms with Gasteiger partial charge in [0, 0.05) is 16.6 Å². The number of nitrogens with one attached hydrogen (secondary N) is 2. The molecule has 31 heavy (non-hydrogen) atoms. The summed E-state index contributed by atoms with van der Waals surface area (Å²) in [5.74, 6) is -0.0760. The minimum Gasteiger partial charge on any atom is -0.352 e. The minimum atomic E-state index is -0.140. The summed E-state index contributed by atoms with van der Waals surface area (Å²) in [6.07, 6.45) is 8.06. The van der Waals surface area contributed by atoms with E-state index in [2.05, 4.69) is 32.3 Å². The number of hydrogen-bond acceptors (Lipinski definition) is 3. The third kappa shape index (κ3) is 5.22. The van der Waals surface area contributed by atoms with Crippen molar-refractivity contribution in [2.24, 2.45) is 0 Å². The molecule has 2 aromatic carbocycles. The zero-order valence-corrected chi connectivity index (χ0v) is 19.5. The summed E-state index contributed by atoms with van der Waals surface area (Å²) in [7, 11) is 0. The molecule has 0 saturated carbocycles. The Morgan fingerprint density at radius 3 is 2.71 bits per heavy atom. The number of allylic oxidation sites excluding steroid dienone is 1. The number of halogens is 1. The van der Waals surface area contributed by atoms with E-state index in [0.717, 1.165) is 29.3 Å². The molecule has 1 aromatic heterocycles. The Morgan fingerprint density at radius 2 is 1.97 bits per heavy atom. The topological polar surface area (TPSA) is 66.9 Å². The minimum absolute atomic E-state index is 0.0760. The molecule has 0 saturated heterocycles. The van der Waals surface area contributed by atoms with Gasteiger partial charge in [-0.05, 0) is 80.2 Å². The molecule has 1 heterocycles. The molecule has 1 aliphatic carbocycles. The Morgan fingerprint density at radius 1 is 1.16 bits per heavy atom. The standard InChI is InChI=1S/C24H24BrN3O2S/c25-19-10-11-21-20(14-19)23(30)28(24(31)27-21)15-17-6-8-18(9-7-17)22(29)26-13-12-16-4-2-1-3-5-16/h4,6-11,14H,1-3,5,12-13,15H2,(H,26,29)(H,27,31). The lowest BCUT2D eigenvalue weighted by atomic mass is 9.97. The van der Waals surface area contributed by atoms with Crippen molar-refractivity contribution in [3.8, 4) is 0 Å². The van der Waals surface area contributed by atoms with Crippen LogP contribution >= 0.6 is 28.1 Å². The Balaban J connectivity index is 1.44. The summed E-state index contributed by atoms with van der Waals surface area (Å²) in [5, 5.41) is 3.57. The van der Waals surface area contributed by atoms with E-state index < -0.39 is 0 Å². The van der Waals surface area contributed by atoms with Gasteiger partial charge in [0.1, 0.15) is 0 Å². The lowest BCUT2D eigenvalue weighted by molar-refractivity contribution is 0.0954. The first-order valence-corrected chi connectivity index (χ1v) is 11.7. The summed E-state index contributed by atoms with van der Waals surface area (Å²) in [4.78, 5) is 28.5. The number of H-pyrrole nitrogens is 1. The van der Waals surface area contributed by atoms with Gasteiger partial charge in [0.15, 0.2) is 4.77 Å². The van der Waals surface area contributed by atoms with E-state index in [-0.39, 0.29) is 11.5 Å². The molecule has 4 rings (SSSR count). The van der Waals surface area contributed by atoms with Crippen LogP contribution in [-0.2, 0) is 6.54 Å². The number of aromatic nitrogens is 2. The third-order valence-electron chi connectivity index (χ3n) is 5.62. The predicted octanol–water partition coefficient (Wildman–Crippen LogP) is 5.49. The van der Waals surface area contributed by atoms with Crippen LogP contribution in [0.3, 0.4) is 0 Å². The van der Waals surface area contributed by atoms with Crippen LogP contribution in [0.2, 0.25) is 0 Å². The molecule has 2 N–H and O–H groups in total. The number of carbonyl (C=O) groups is 1. The van der Waals surface area contributed by atoms with Crippen LogP contribution in [0.1, 0.15) is 48.0 Å². The van der Waals surface area contributed by atoms with Crippen LogP contribution in [0.4, 0.5) is 0 Å². The van der Waals surface area contributed by atoms with Gasteiger partial charge in [-0.1, -0.05) is 39.7 Å². The van der Waals surface area contributed by atoms with Crippen LogP contribution in [0.25, 0.3) is 10.9 Å². The second-order valence-corrected chi connectivity index (χ2v) is 9.12. The van der Waals surface area contributed by atoms with E-state index >= 15 is 0 Å².